The van der Waals surface area contributed by atoms with Gasteiger partial charge in [0.25, 0.3) is 0 Å². The van der Waals surface area contributed by atoms with Crippen molar-refractivity contribution >= 4 is 28.9 Å². The van der Waals surface area contributed by atoms with E-state index in [2.05, 4.69) is 29.6 Å². The van der Waals surface area contributed by atoms with E-state index < -0.39 is 0 Å². The number of unbranched alkanes of at least 4 members (excludes halogenated alkanes) is 1. The van der Waals surface area contributed by atoms with Crippen LogP contribution in [0.15, 0.2) is 48.5 Å². The lowest BCUT2D eigenvalue weighted by Crippen LogP contribution is -2.16. The molecule has 7 heteroatoms. The highest BCUT2D eigenvalue weighted by Gasteiger charge is 2.23. The van der Waals surface area contributed by atoms with Crippen molar-refractivity contribution in [3.8, 4) is 5.69 Å². The van der Waals surface area contributed by atoms with Crippen LogP contribution in [-0.2, 0) is 0 Å². The molecule has 176 valence electrons. The van der Waals surface area contributed by atoms with Gasteiger partial charge in [-0.25, -0.2) is 4.68 Å². The zero-order valence-corrected chi connectivity index (χ0v) is 20.5. The first-order chi connectivity index (χ1) is 15.9. The van der Waals surface area contributed by atoms with E-state index in [4.69, 9.17) is 17.3 Å². The summed E-state index contributed by atoms with van der Waals surface area (Å²) in [4.78, 5) is 13.2. The van der Waals surface area contributed by atoms with Crippen molar-refractivity contribution in [2.24, 2.45) is 5.92 Å². The highest BCUT2D eigenvalue weighted by atomic mass is 35.5. The highest BCUT2D eigenvalue weighted by molar-refractivity contribution is 6.30. The number of nitrogens with one attached hydrogen (secondary N) is 2. The smallest absolute Gasteiger partial charge is 0.215 e. The summed E-state index contributed by atoms with van der Waals surface area (Å²) in [6, 6.07) is 14.8. The third kappa shape index (κ3) is 6.59. The lowest BCUT2D eigenvalue weighted by Gasteiger charge is -2.15. The number of benzene rings is 2. The maximum Gasteiger partial charge on any atom is 0.215 e. The summed E-state index contributed by atoms with van der Waals surface area (Å²) in [5.41, 5.74) is 9.52. The molecule has 0 fully saturated rings. The van der Waals surface area contributed by atoms with Gasteiger partial charge in [-0.3, -0.25) is 4.79 Å². The molecule has 6 nitrogen and oxygen atoms in total. The van der Waals surface area contributed by atoms with E-state index in [9.17, 15) is 4.79 Å². The largest absolute Gasteiger partial charge is 0.394 e. The molecule has 0 saturated carbocycles. The van der Waals surface area contributed by atoms with Gasteiger partial charge < -0.3 is 16.4 Å². The van der Waals surface area contributed by atoms with Crippen molar-refractivity contribution < 1.29 is 4.79 Å². The van der Waals surface area contributed by atoms with E-state index in [1.807, 2.05) is 31.2 Å². The molecule has 1 unspecified atom stereocenters. The number of aromatic nitrogens is 2. The fourth-order valence-electron chi connectivity index (χ4n) is 3.67. The molecule has 3 aromatic rings. The lowest BCUT2D eigenvalue weighted by molar-refractivity contribution is 0.103. The fourth-order valence-corrected chi connectivity index (χ4v) is 3.80. The minimum absolute atomic E-state index is 0.195. The molecule has 0 bridgehead atoms. The molecule has 0 aliphatic heterocycles. The molecule has 1 aromatic heterocycles. The zero-order valence-electron chi connectivity index (χ0n) is 19.7. The minimum Gasteiger partial charge on any atom is -0.394 e. The monoisotopic (exact) mass is 467 g/mol. The number of anilines is 2. The molecule has 4 N–H and O–H groups in total. The summed E-state index contributed by atoms with van der Waals surface area (Å²) in [6.45, 7) is 9.13. The van der Waals surface area contributed by atoms with Gasteiger partial charge in [0.15, 0.2) is 11.5 Å². The number of halogens is 1. The number of hydrogen-bond acceptors (Lipinski definition) is 5. The van der Waals surface area contributed by atoms with E-state index in [1.54, 1.807) is 28.9 Å². The molecular formula is C26H34ClN5O. The second-order valence-corrected chi connectivity index (χ2v) is 8.97. The molecule has 3 rings (SSSR count). The first kappa shape index (κ1) is 24.8. The number of nitrogens with zero attached hydrogens (tertiary/aromatic N) is 2. The standard InChI is InChI=1S/C26H34ClN5O/c1-4-29-16-6-5-7-19(3)17-30-26-23(28)24(25(33)20-10-8-18(2)9-11-20)31-32(26)22-14-12-21(27)13-15-22/h8-15,19,29-30H,4-7,16-17,28H2,1-3H3. The van der Waals surface area contributed by atoms with Crippen LogP contribution in [-0.4, -0.2) is 35.2 Å². The van der Waals surface area contributed by atoms with Gasteiger partial charge in [-0.1, -0.05) is 61.7 Å². The highest BCUT2D eigenvalue weighted by Crippen LogP contribution is 2.29. The molecular weight excluding hydrogens is 434 g/mol. The Morgan fingerprint density at radius 3 is 2.48 bits per heavy atom. The number of carbonyl (C=O) groups is 1. The number of ketones is 1. The number of aryl methyl sites for hydroxylation is 1. The van der Waals surface area contributed by atoms with Crippen LogP contribution < -0.4 is 16.4 Å². The summed E-state index contributed by atoms with van der Waals surface area (Å²) in [5, 5.41) is 12.1. The van der Waals surface area contributed by atoms with Crippen LogP contribution in [0, 0.1) is 12.8 Å². The van der Waals surface area contributed by atoms with E-state index >= 15 is 0 Å². The van der Waals surface area contributed by atoms with Crippen LogP contribution in [0.2, 0.25) is 5.02 Å². The Balaban J connectivity index is 1.82. The van der Waals surface area contributed by atoms with Crippen molar-refractivity contribution in [2.75, 3.05) is 30.7 Å². The molecule has 0 spiro atoms. The van der Waals surface area contributed by atoms with E-state index in [0.29, 0.717) is 28.0 Å². The van der Waals surface area contributed by atoms with Gasteiger partial charge in [0.2, 0.25) is 5.78 Å². The van der Waals surface area contributed by atoms with Crippen LogP contribution >= 0.6 is 11.6 Å². The SMILES string of the molecule is CCNCCCCC(C)CNc1c(N)c(C(=O)c2ccc(C)cc2)nn1-c1ccc(Cl)cc1. The van der Waals surface area contributed by atoms with Gasteiger partial charge in [-0.15, -0.1) is 0 Å². The third-order valence-electron chi connectivity index (χ3n) is 5.69. The summed E-state index contributed by atoms with van der Waals surface area (Å²) in [6.07, 6.45) is 3.44. The van der Waals surface area contributed by atoms with Crippen molar-refractivity contribution in [1.29, 1.82) is 0 Å². The van der Waals surface area contributed by atoms with Crippen LogP contribution in [0.1, 0.15) is 54.7 Å². The summed E-state index contributed by atoms with van der Waals surface area (Å²) >= 11 is 6.07. The van der Waals surface area contributed by atoms with Gasteiger partial charge >= 0.3 is 0 Å². The zero-order chi connectivity index (χ0) is 23.8. The van der Waals surface area contributed by atoms with E-state index in [1.165, 1.54) is 6.42 Å². The number of hydrogen-bond donors (Lipinski definition) is 3. The summed E-state index contributed by atoms with van der Waals surface area (Å²) in [7, 11) is 0. The quantitative estimate of drug-likeness (QED) is 0.243. The first-order valence-electron chi connectivity index (χ1n) is 11.6. The lowest BCUT2D eigenvalue weighted by atomic mass is 10.0. The Kier molecular flexibility index (Phi) is 8.92. The van der Waals surface area contributed by atoms with Gasteiger partial charge in [0, 0.05) is 17.1 Å². The Hall–Kier alpha value is -2.83. The van der Waals surface area contributed by atoms with E-state index in [0.717, 1.165) is 43.7 Å². The Labute approximate surface area is 201 Å². The second kappa shape index (κ2) is 11.9. The van der Waals surface area contributed by atoms with Crippen LogP contribution in [0.4, 0.5) is 11.5 Å². The minimum atomic E-state index is -0.195. The third-order valence-corrected chi connectivity index (χ3v) is 5.94. The molecule has 1 heterocycles. The Morgan fingerprint density at radius 2 is 1.82 bits per heavy atom. The number of nitrogens with two attached hydrogens (primary N) is 1. The topological polar surface area (TPSA) is 85.0 Å². The predicted octanol–water partition coefficient (Wildman–Crippen LogP) is 5.48. The van der Waals surface area contributed by atoms with Crippen molar-refractivity contribution in [2.45, 2.75) is 40.0 Å². The molecule has 0 aliphatic rings. The fraction of sp³-hybridized carbons (Fsp3) is 0.385. The molecule has 0 radical (unpaired) electrons. The van der Waals surface area contributed by atoms with E-state index in [-0.39, 0.29) is 11.5 Å². The molecule has 1 atom stereocenters. The predicted molar refractivity (Wildman–Crippen MR) is 138 cm³/mol. The Bertz CT molecular complexity index is 1040. The average molecular weight is 468 g/mol. The first-order valence-corrected chi connectivity index (χ1v) is 12.0. The van der Waals surface area contributed by atoms with Crippen molar-refractivity contribution in [3.63, 3.8) is 0 Å². The normalized spacial score (nSPS) is 12.0. The Morgan fingerprint density at radius 1 is 1.12 bits per heavy atom. The maximum absolute atomic E-state index is 13.2. The number of nitrogen functional groups attached to an aromatic ring is 1. The molecule has 33 heavy (non-hydrogen) atoms. The van der Waals surface area contributed by atoms with Crippen molar-refractivity contribution in [1.82, 2.24) is 15.1 Å². The maximum atomic E-state index is 13.2. The molecule has 0 saturated heterocycles. The van der Waals surface area contributed by atoms with Crippen LogP contribution in [0.5, 0.6) is 0 Å². The average Bonchev–Trinajstić information content (AvgIpc) is 3.14. The number of rotatable bonds is 12. The van der Waals surface area contributed by atoms with Crippen molar-refractivity contribution in [3.05, 3.63) is 70.4 Å². The molecule has 0 amide bonds. The number of carbonyl (C=O) groups excluding carboxylic acids is 1. The summed E-state index contributed by atoms with van der Waals surface area (Å²) in [5.74, 6) is 0.892. The van der Waals surface area contributed by atoms with Gasteiger partial charge in [0.05, 0.1) is 5.69 Å². The van der Waals surface area contributed by atoms with Gasteiger partial charge in [0.1, 0.15) is 5.69 Å². The van der Waals surface area contributed by atoms with Crippen LogP contribution in [0.3, 0.4) is 0 Å². The molecule has 2 aromatic carbocycles. The second-order valence-electron chi connectivity index (χ2n) is 8.53. The van der Waals surface area contributed by atoms with Crippen LogP contribution in [0.25, 0.3) is 5.69 Å². The molecule has 0 aliphatic carbocycles. The summed E-state index contributed by atoms with van der Waals surface area (Å²) < 4.78 is 1.70. The van der Waals surface area contributed by atoms with Gasteiger partial charge in [-0.05, 0) is 63.0 Å². The van der Waals surface area contributed by atoms with Gasteiger partial charge in [-0.2, -0.15) is 5.10 Å².